The summed E-state index contributed by atoms with van der Waals surface area (Å²) in [6.45, 7) is 0.537. The van der Waals surface area contributed by atoms with E-state index in [0.29, 0.717) is 30.9 Å². The van der Waals surface area contributed by atoms with Crippen LogP contribution in [0.25, 0.3) is 0 Å². The normalized spacial score (nSPS) is 12.7. The molecule has 1 aromatic heterocycles. The molecule has 0 aliphatic heterocycles. The minimum Gasteiger partial charge on any atom is -0.491 e. The molecular formula is C22H27NO5. The van der Waals surface area contributed by atoms with Gasteiger partial charge in [0.05, 0.1) is 25.0 Å². The molecule has 2 aromatic rings. The zero-order chi connectivity index (χ0) is 20.2. The molecule has 1 aromatic carbocycles. The summed E-state index contributed by atoms with van der Waals surface area (Å²) in [5.41, 5.74) is 5.28. The monoisotopic (exact) mass is 385 g/mol. The van der Waals surface area contributed by atoms with E-state index in [-0.39, 0.29) is 13.2 Å². The minimum atomic E-state index is -0.733. The van der Waals surface area contributed by atoms with Crippen LogP contribution in [0.4, 0.5) is 0 Å². The van der Waals surface area contributed by atoms with Gasteiger partial charge < -0.3 is 24.8 Å². The number of aliphatic hydroxyl groups is 3. The standard InChI is InChI=1S/C22H27NO5/c1-27-16-17(15-22(26)20-6-2-3-12-23-20)5-4-7-21(25)18-8-10-19(11-9-18)28-14-13-24/h2-4,6,8-12,21-22,24-26H,7,13-16H2,1H3/t5?,21-,22-/m1/s1. The lowest BCUT2D eigenvalue weighted by atomic mass is 10.0. The Balaban J connectivity index is 1.97. The van der Waals surface area contributed by atoms with Crippen LogP contribution in [0.3, 0.4) is 0 Å². The van der Waals surface area contributed by atoms with Gasteiger partial charge in [0.15, 0.2) is 0 Å². The molecule has 0 bridgehead atoms. The molecule has 0 fully saturated rings. The molecule has 0 amide bonds. The van der Waals surface area contributed by atoms with Gasteiger partial charge in [0.1, 0.15) is 18.5 Å². The number of aromatic nitrogens is 1. The van der Waals surface area contributed by atoms with Crippen molar-refractivity contribution >= 4 is 0 Å². The van der Waals surface area contributed by atoms with Crippen LogP contribution >= 0.6 is 0 Å². The largest absolute Gasteiger partial charge is 0.491 e. The number of pyridine rings is 1. The van der Waals surface area contributed by atoms with Gasteiger partial charge in [-0.3, -0.25) is 4.98 Å². The Labute approximate surface area is 165 Å². The Morgan fingerprint density at radius 2 is 1.93 bits per heavy atom. The lowest BCUT2D eigenvalue weighted by Crippen LogP contribution is -2.04. The van der Waals surface area contributed by atoms with Crippen molar-refractivity contribution in [3.63, 3.8) is 0 Å². The van der Waals surface area contributed by atoms with Crippen LogP contribution in [-0.2, 0) is 4.74 Å². The number of hydrogen-bond donors (Lipinski definition) is 3. The minimum absolute atomic E-state index is 0.0413. The van der Waals surface area contributed by atoms with E-state index in [1.807, 2.05) is 6.07 Å². The molecule has 0 unspecified atom stereocenters. The van der Waals surface area contributed by atoms with Crippen molar-refractivity contribution in [2.45, 2.75) is 25.0 Å². The van der Waals surface area contributed by atoms with Crippen molar-refractivity contribution in [3.8, 4) is 5.75 Å². The number of ether oxygens (including phenoxy) is 2. The van der Waals surface area contributed by atoms with Crippen molar-refractivity contribution < 1.29 is 24.8 Å². The number of aliphatic hydroxyl groups excluding tert-OH is 3. The fraction of sp³-hybridized carbons (Fsp3) is 0.364. The van der Waals surface area contributed by atoms with E-state index in [0.717, 1.165) is 11.1 Å². The van der Waals surface area contributed by atoms with Crippen LogP contribution in [-0.4, -0.2) is 47.2 Å². The van der Waals surface area contributed by atoms with Gasteiger partial charge >= 0.3 is 0 Å². The Morgan fingerprint density at radius 3 is 2.57 bits per heavy atom. The second-order valence-corrected chi connectivity index (χ2v) is 6.25. The highest BCUT2D eigenvalue weighted by atomic mass is 16.5. The van der Waals surface area contributed by atoms with Crippen LogP contribution in [0.5, 0.6) is 5.75 Å². The zero-order valence-corrected chi connectivity index (χ0v) is 16.0. The number of methoxy groups -OCH3 is 1. The summed E-state index contributed by atoms with van der Waals surface area (Å²) in [6, 6.07) is 12.5. The first kappa shape index (κ1) is 21.8. The van der Waals surface area contributed by atoms with Crippen molar-refractivity contribution in [1.29, 1.82) is 0 Å². The Morgan fingerprint density at radius 1 is 1.14 bits per heavy atom. The van der Waals surface area contributed by atoms with Crippen molar-refractivity contribution in [2.75, 3.05) is 26.9 Å². The van der Waals surface area contributed by atoms with Crippen molar-refractivity contribution in [1.82, 2.24) is 4.98 Å². The molecule has 0 spiro atoms. The maximum absolute atomic E-state index is 10.3. The number of hydrogen-bond acceptors (Lipinski definition) is 6. The predicted octanol–water partition coefficient (Wildman–Crippen LogP) is 2.73. The maximum atomic E-state index is 10.3. The third-order valence-corrected chi connectivity index (χ3v) is 4.06. The second kappa shape index (κ2) is 12.1. The van der Waals surface area contributed by atoms with Gasteiger partial charge in [-0.1, -0.05) is 18.2 Å². The molecule has 2 rings (SSSR count). The second-order valence-electron chi connectivity index (χ2n) is 6.25. The molecule has 2 atom stereocenters. The summed E-state index contributed by atoms with van der Waals surface area (Å²) in [7, 11) is 1.59. The van der Waals surface area contributed by atoms with E-state index in [4.69, 9.17) is 14.6 Å². The molecule has 0 aliphatic rings. The van der Waals surface area contributed by atoms with E-state index in [1.54, 1.807) is 55.8 Å². The Hall–Kier alpha value is -2.47. The molecule has 1 heterocycles. The predicted molar refractivity (Wildman–Crippen MR) is 106 cm³/mol. The summed E-state index contributed by atoms with van der Waals surface area (Å²) in [5.74, 6) is 0.645. The van der Waals surface area contributed by atoms with Gasteiger partial charge in [-0.25, -0.2) is 0 Å². The highest BCUT2D eigenvalue weighted by molar-refractivity contribution is 5.28. The van der Waals surface area contributed by atoms with Gasteiger partial charge in [0, 0.05) is 26.1 Å². The SMILES string of the molecule is COCC(=C=CC[C@@H](O)c1ccc(OCCO)cc1)C[C@@H](O)c1ccccn1. The average molecular weight is 385 g/mol. The summed E-state index contributed by atoms with van der Waals surface area (Å²) in [5, 5.41) is 29.4. The number of benzene rings is 1. The third kappa shape index (κ3) is 7.27. The van der Waals surface area contributed by atoms with Gasteiger partial charge in [0.25, 0.3) is 0 Å². The van der Waals surface area contributed by atoms with Crippen molar-refractivity contribution in [3.05, 3.63) is 77.3 Å². The molecule has 0 saturated heterocycles. The molecule has 3 N–H and O–H groups in total. The average Bonchev–Trinajstić information content (AvgIpc) is 2.73. The van der Waals surface area contributed by atoms with Gasteiger partial charge in [-0.05, 0) is 41.5 Å². The van der Waals surface area contributed by atoms with Crippen LogP contribution in [0, 0.1) is 0 Å². The fourth-order valence-electron chi connectivity index (χ4n) is 2.65. The fourth-order valence-corrected chi connectivity index (χ4v) is 2.65. The van der Waals surface area contributed by atoms with Crippen LogP contribution in [0.1, 0.15) is 36.3 Å². The van der Waals surface area contributed by atoms with E-state index < -0.39 is 12.2 Å². The quantitative estimate of drug-likeness (QED) is 0.515. The van der Waals surface area contributed by atoms with E-state index in [1.165, 1.54) is 0 Å². The molecule has 28 heavy (non-hydrogen) atoms. The van der Waals surface area contributed by atoms with Gasteiger partial charge in [-0.15, -0.1) is 5.73 Å². The third-order valence-electron chi connectivity index (χ3n) is 4.06. The smallest absolute Gasteiger partial charge is 0.119 e. The summed E-state index contributed by atoms with van der Waals surface area (Å²) in [4.78, 5) is 4.16. The number of rotatable bonds is 11. The first-order valence-electron chi connectivity index (χ1n) is 9.16. The van der Waals surface area contributed by atoms with Gasteiger partial charge in [-0.2, -0.15) is 0 Å². The number of nitrogens with zero attached hydrogens (tertiary/aromatic N) is 1. The first-order chi connectivity index (χ1) is 13.6. The van der Waals surface area contributed by atoms with Gasteiger partial charge in [0.2, 0.25) is 0 Å². The van der Waals surface area contributed by atoms with Crippen LogP contribution in [0.15, 0.2) is 66.0 Å². The Bertz CT molecular complexity index is 754. The molecular weight excluding hydrogens is 358 g/mol. The lowest BCUT2D eigenvalue weighted by molar-refractivity contribution is 0.160. The Kier molecular flexibility index (Phi) is 9.42. The molecule has 0 radical (unpaired) electrons. The molecule has 6 nitrogen and oxygen atoms in total. The summed E-state index contributed by atoms with van der Waals surface area (Å²) >= 11 is 0. The van der Waals surface area contributed by atoms with Crippen LogP contribution < -0.4 is 4.74 Å². The molecule has 150 valence electrons. The maximum Gasteiger partial charge on any atom is 0.119 e. The summed E-state index contributed by atoms with van der Waals surface area (Å²) in [6.07, 6.45) is 2.72. The van der Waals surface area contributed by atoms with Crippen molar-refractivity contribution in [2.24, 2.45) is 0 Å². The summed E-state index contributed by atoms with van der Waals surface area (Å²) < 4.78 is 10.5. The van der Waals surface area contributed by atoms with E-state index >= 15 is 0 Å². The molecule has 6 heteroatoms. The highest BCUT2D eigenvalue weighted by Gasteiger charge is 2.11. The van der Waals surface area contributed by atoms with Crippen LogP contribution in [0.2, 0.25) is 0 Å². The first-order valence-corrected chi connectivity index (χ1v) is 9.16. The van der Waals surface area contributed by atoms with E-state index in [9.17, 15) is 10.2 Å². The highest BCUT2D eigenvalue weighted by Crippen LogP contribution is 2.22. The lowest BCUT2D eigenvalue weighted by Gasteiger charge is -2.11. The van der Waals surface area contributed by atoms with E-state index in [2.05, 4.69) is 10.7 Å². The topological polar surface area (TPSA) is 92.0 Å². The zero-order valence-electron chi connectivity index (χ0n) is 16.0. The molecule has 0 aliphatic carbocycles. The molecule has 0 saturated carbocycles.